The maximum absolute atomic E-state index is 13.0. The monoisotopic (exact) mass is 446 g/mol. The van der Waals surface area contributed by atoms with Gasteiger partial charge in [0.05, 0.1) is 11.4 Å². The van der Waals surface area contributed by atoms with E-state index in [1.54, 1.807) is 0 Å². The molecule has 166 valence electrons. The molecule has 0 saturated carbocycles. The first-order valence-corrected chi connectivity index (χ1v) is 12.5. The number of imidazole rings is 1. The summed E-state index contributed by atoms with van der Waals surface area (Å²) in [6, 6.07) is 22.3. The number of nitrogens with one attached hydrogen (secondary N) is 1. The van der Waals surface area contributed by atoms with Crippen LogP contribution in [0.25, 0.3) is 22.5 Å². The SMILES string of the molecule is Cc1cc(C)n(CCCCCC[S+]([O-])c2nc(-c3ccccc3)c(-c3ccccc3)[nH]2)n1. The number of benzene rings is 2. The number of aromatic amines is 1. The molecular formula is C26H30N4OS. The van der Waals surface area contributed by atoms with Crippen LogP contribution in [-0.4, -0.2) is 30.1 Å². The van der Waals surface area contributed by atoms with Crippen molar-refractivity contribution >= 4 is 11.2 Å². The molecule has 2 aromatic carbocycles. The predicted molar refractivity (Wildman–Crippen MR) is 131 cm³/mol. The lowest BCUT2D eigenvalue weighted by Gasteiger charge is -2.07. The smallest absolute Gasteiger partial charge is 0.321 e. The number of unbranched alkanes of at least 4 members (excludes halogenated alkanes) is 3. The third-order valence-corrected chi connectivity index (χ3v) is 6.84. The van der Waals surface area contributed by atoms with Crippen LogP contribution in [0.15, 0.2) is 71.9 Å². The van der Waals surface area contributed by atoms with Gasteiger partial charge in [0.1, 0.15) is 11.4 Å². The summed E-state index contributed by atoms with van der Waals surface area (Å²) in [5.74, 6) is 0.621. The Bertz CT molecular complexity index is 1060. The second-order valence-electron chi connectivity index (χ2n) is 8.11. The standard InChI is InChI=1S/C26H30N4OS/c1-20-19-21(2)30(29-20)17-11-3-4-12-18-32(31)26-27-24(22-13-7-5-8-14-22)25(28-26)23-15-9-6-10-16-23/h5-10,13-16,19H,3-4,11-12,17-18H2,1-2H3,(H,27,28). The van der Waals surface area contributed by atoms with Crippen LogP contribution < -0.4 is 0 Å². The minimum atomic E-state index is -1.15. The highest BCUT2D eigenvalue weighted by Gasteiger charge is 2.21. The normalized spacial score (nSPS) is 12.2. The minimum Gasteiger partial charge on any atom is -0.609 e. The molecule has 4 aromatic rings. The minimum absolute atomic E-state index is 0.561. The van der Waals surface area contributed by atoms with E-state index in [2.05, 4.69) is 39.9 Å². The van der Waals surface area contributed by atoms with E-state index in [-0.39, 0.29) is 0 Å². The summed E-state index contributed by atoms with van der Waals surface area (Å²) in [4.78, 5) is 8.11. The molecule has 1 unspecified atom stereocenters. The molecule has 0 saturated heterocycles. The van der Waals surface area contributed by atoms with Gasteiger partial charge in [-0.1, -0.05) is 67.1 Å². The van der Waals surface area contributed by atoms with Gasteiger partial charge in [0.2, 0.25) is 0 Å². The first kappa shape index (κ1) is 22.4. The van der Waals surface area contributed by atoms with Crippen LogP contribution in [0.2, 0.25) is 0 Å². The zero-order valence-corrected chi connectivity index (χ0v) is 19.6. The van der Waals surface area contributed by atoms with Crippen molar-refractivity contribution in [3.05, 3.63) is 78.1 Å². The summed E-state index contributed by atoms with van der Waals surface area (Å²) in [6.45, 7) is 5.07. The second-order valence-corrected chi connectivity index (χ2v) is 9.60. The van der Waals surface area contributed by atoms with Gasteiger partial charge in [0, 0.05) is 34.5 Å². The summed E-state index contributed by atoms with van der Waals surface area (Å²) in [6.07, 6.45) is 4.18. The molecule has 0 radical (unpaired) electrons. The Morgan fingerprint density at radius 3 is 2.19 bits per heavy atom. The molecule has 5 nitrogen and oxygen atoms in total. The van der Waals surface area contributed by atoms with Crippen LogP contribution in [0.5, 0.6) is 0 Å². The molecule has 0 aliphatic heterocycles. The predicted octanol–water partition coefficient (Wildman–Crippen LogP) is 5.93. The lowest BCUT2D eigenvalue weighted by atomic mass is 10.1. The van der Waals surface area contributed by atoms with Gasteiger partial charge >= 0.3 is 5.16 Å². The number of aromatic nitrogens is 4. The summed E-state index contributed by atoms with van der Waals surface area (Å²) >= 11 is -1.15. The second kappa shape index (κ2) is 10.7. The Balaban J connectivity index is 1.35. The van der Waals surface area contributed by atoms with Gasteiger partial charge in [0.25, 0.3) is 0 Å². The summed E-state index contributed by atoms with van der Waals surface area (Å²) < 4.78 is 15.1. The molecule has 32 heavy (non-hydrogen) atoms. The highest BCUT2D eigenvalue weighted by Crippen LogP contribution is 2.31. The number of hydrogen-bond acceptors (Lipinski definition) is 3. The first-order chi connectivity index (χ1) is 15.6. The van der Waals surface area contributed by atoms with Gasteiger partial charge in [-0.05, 0) is 39.2 Å². The molecular weight excluding hydrogens is 416 g/mol. The molecule has 0 bridgehead atoms. The van der Waals surface area contributed by atoms with E-state index in [9.17, 15) is 4.55 Å². The topological polar surface area (TPSA) is 69.6 Å². The molecule has 0 amide bonds. The van der Waals surface area contributed by atoms with Crippen molar-refractivity contribution in [2.45, 2.75) is 51.2 Å². The molecule has 0 spiro atoms. The van der Waals surface area contributed by atoms with Crippen molar-refractivity contribution in [2.24, 2.45) is 0 Å². The van der Waals surface area contributed by atoms with Crippen molar-refractivity contribution in [3.63, 3.8) is 0 Å². The average Bonchev–Trinajstić information content (AvgIpc) is 3.40. The Morgan fingerprint density at radius 1 is 0.875 bits per heavy atom. The Hall–Kier alpha value is -2.83. The van der Waals surface area contributed by atoms with E-state index in [0.29, 0.717) is 10.9 Å². The highest BCUT2D eigenvalue weighted by atomic mass is 32.2. The van der Waals surface area contributed by atoms with Crippen molar-refractivity contribution < 1.29 is 4.55 Å². The number of rotatable bonds is 10. The van der Waals surface area contributed by atoms with Crippen LogP contribution in [0.4, 0.5) is 0 Å². The van der Waals surface area contributed by atoms with Gasteiger partial charge in [-0.15, -0.1) is 0 Å². The number of H-pyrrole nitrogens is 1. The Labute approximate surface area is 193 Å². The van der Waals surface area contributed by atoms with E-state index in [4.69, 9.17) is 4.98 Å². The quantitative estimate of drug-likeness (QED) is 0.243. The Kier molecular flexibility index (Phi) is 7.45. The van der Waals surface area contributed by atoms with Gasteiger partial charge in [-0.3, -0.25) is 9.67 Å². The van der Waals surface area contributed by atoms with Gasteiger partial charge < -0.3 is 4.55 Å². The first-order valence-electron chi connectivity index (χ1n) is 11.2. The molecule has 0 aliphatic rings. The number of hydrogen-bond donors (Lipinski definition) is 1. The van der Waals surface area contributed by atoms with Crippen LogP contribution >= 0.6 is 0 Å². The fourth-order valence-corrected chi connectivity index (χ4v) is 4.99. The summed E-state index contributed by atoms with van der Waals surface area (Å²) in [5, 5.41) is 5.07. The highest BCUT2D eigenvalue weighted by molar-refractivity contribution is 7.91. The zero-order chi connectivity index (χ0) is 22.3. The van der Waals surface area contributed by atoms with Crippen molar-refractivity contribution in [1.29, 1.82) is 0 Å². The molecule has 6 heteroatoms. The van der Waals surface area contributed by atoms with Crippen molar-refractivity contribution in [3.8, 4) is 22.5 Å². The molecule has 4 rings (SSSR count). The third-order valence-electron chi connectivity index (χ3n) is 5.56. The van der Waals surface area contributed by atoms with E-state index in [1.807, 2.05) is 55.5 Å². The molecule has 1 atom stereocenters. The zero-order valence-electron chi connectivity index (χ0n) is 18.8. The lowest BCUT2D eigenvalue weighted by molar-refractivity contribution is 0.527. The molecule has 2 aromatic heterocycles. The molecule has 2 heterocycles. The fourth-order valence-electron chi connectivity index (χ4n) is 3.92. The van der Waals surface area contributed by atoms with Crippen molar-refractivity contribution in [2.75, 3.05) is 5.75 Å². The summed E-state index contributed by atoms with van der Waals surface area (Å²) in [7, 11) is 0. The number of aryl methyl sites for hydroxylation is 3. The fraction of sp³-hybridized carbons (Fsp3) is 0.308. The van der Waals surface area contributed by atoms with Gasteiger partial charge in [0.15, 0.2) is 0 Å². The Morgan fingerprint density at radius 2 is 1.53 bits per heavy atom. The molecule has 0 aliphatic carbocycles. The van der Waals surface area contributed by atoms with Crippen LogP contribution in [-0.2, 0) is 17.7 Å². The van der Waals surface area contributed by atoms with Crippen molar-refractivity contribution in [1.82, 2.24) is 19.7 Å². The number of nitrogens with zero attached hydrogens (tertiary/aromatic N) is 3. The maximum atomic E-state index is 13.0. The van der Waals surface area contributed by atoms with Gasteiger partial charge in [-0.25, -0.2) is 0 Å². The molecule has 0 fully saturated rings. The van der Waals surface area contributed by atoms with E-state index < -0.39 is 11.2 Å². The van der Waals surface area contributed by atoms with E-state index in [0.717, 1.165) is 60.4 Å². The van der Waals surface area contributed by atoms with Crippen LogP contribution in [0.3, 0.4) is 0 Å². The van der Waals surface area contributed by atoms with E-state index in [1.165, 1.54) is 5.69 Å². The lowest BCUT2D eigenvalue weighted by Crippen LogP contribution is -2.09. The average molecular weight is 447 g/mol. The molecule has 1 N–H and O–H groups in total. The summed E-state index contributed by atoms with van der Waals surface area (Å²) in [5.41, 5.74) is 6.13. The van der Waals surface area contributed by atoms with Crippen LogP contribution in [0.1, 0.15) is 37.1 Å². The van der Waals surface area contributed by atoms with E-state index >= 15 is 0 Å². The third kappa shape index (κ3) is 5.50. The van der Waals surface area contributed by atoms with Crippen LogP contribution in [0, 0.1) is 13.8 Å². The maximum Gasteiger partial charge on any atom is 0.321 e. The van der Waals surface area contributed by atoms with Gasteiger partial charge in [-0.2, -0.15) is 10.1 Å². The largest absolute Gasteiger partial charge is 0.609 e.